The Morgan fingerprint density at radius 2 is 2.10 bits per heavy atom. The van der Waals surface area contributed by atoms with E-state index in [2.05, 4.69) is 10.4 Å². The lowest BCUT2D eigenvalue weighted by molar-refractivity contribution is -0.124. The SMILES string of the molecule is COC(C)C(=O)Nc1c2c(nn1-c1ccccc1)CCC2. The number of carbonyl (C=O) groups is 1. The number of hydrogen-bond donors (Lipinski definition) is 1. The Bertz CT molecular complexity index is 649. The molecular weight excluding hydrogens is 266 g/mol. The molecule has 1 amide bonds. The van der Waals surface area contributed by atoms with Crippen LogP contribution in [0.2, 0.25) is 0 Å². The number of anilines is 1. The Labute approximate surface area is 123 Å². The Morgan fingerprint density at radius 1 is 1.33 bits per heavy atom. The van der Waals surface area contributed by atoms with Crippen molar-refractivity contribution in [2.45, 2.75) is 32.3 Å². The van der Waals surface area contributed by atoms with Crippen molar-refractivity contribution >= 4 is 11.7 Å². The second kappa shape index (κ2) is 5.69. The maximum atomic E-state index is 12.1. The third-order valence-electron chi connectivity index (χ3n) is 3.87. The normalized spacial score (nSPS) is 14.8. The van der Waals surface area contributed by atoms with E-state index in [-0.39, 0.29) is 5.91 Å². The molecule has 0 spiro atoms. The standard InChI is InChI=1S/C16H19N3O2/c1-11(21-2)16(20)17-15-13-9-6-10-14(13)18-19(15)12-7-4-3-5-8-12/h3-5,7-8,11H,6,9-10H2,1-2H3,(H,17,20). The smallest absolute Gasteiger partial charge is 0.254 e. The van der Waals surface area contributed by atoms with Crippen molar-refractivity contribution in [2.24, 2.45) is 0 Å². The number of para-hydroxylation sites is 1. The number of aromatic nitrogens is 2. The van der Waals surface area contributed by atoms with Gasteiger partial charge in [0.2, 0.25) is 0 Å². The molecular formula is C16H19N3O2. The van der Waals surface area contributed by atoms with Gasteiger partial charge in [0.1, 0.15) is 11.9 Å². The van der Waals surface area contributed by atoms with Crippen molar-refractivity contribution in [1.29, 1.82) is 0 Å². The van der Waals surface area contributed by atoms with E-state index in [4.69, 9.17) is 4.74 Å². The molecule has 1 atom stereocenters. The second-order valence-electron chi connectivity index (χ2n) is 5.24. The Balaban J connectivity index is 2.00. The number of carbonyl (C=O) groups excluding carboxylic acids is 1. The van der Waals surface area contributed by atoms with Crippen LogP contribution in [0.1, 0.15) is 24.6 Å². The van der Waals surface area contributed by atoms with Crippen molar-refractivity contribution in [3.8, 4) is 5.69 Å². The zero-order chi connectivity index (χ0) is 14.8. The summed E-state index contributed by atoms with van der Waals surface area (Å²) in [5.74, 6) is 0.631. The monoisotopic (exact) mass is 285 g/mol. The number of ether oxygens (including phenoxy) is 1. The Morgan fingerprint density at radius 3 is 2.81 bits per heavy atom. The van der Waals surface area contributed by atoms with Gasteiger partial charge in [-0.3, -0.25) is 4.79 Å². The molecule has 110 valence electrons. The lowest BCUT2D eigenvalue weighted by Crippen LogP contribution is -2.28. The number of benzene rings is 1. The molecule has 0 bridgehead atoms. The highest BCUT2D eigenvalue weighted by Gasteiger charge is 2.25. The van der Waals surface area contributed by atoms with Gasteiger partial charge in [-0.25, -0.2) is 4.68 Å². The maximum Gasteiger partial charge on any atom is 0.254 e. The van der Waals surface area contributed by atoms with E-state index >= 15 is 0 Å². The van der Waals surface area contributed by atoms with Gasteiger partial charge >= 0.3 is 0 Å². The molecule has 2 aromatic rings. The lowest BCUT2D eigenvalue weighted by atomic mass is 10.2. The van der Waals surface area contributed by atoms with Gasteiger partial charge < -0.3 is 10.1 Å². The van der Waals surface area contributed by atoms with Crippen LogP contribution in [0.15, 0.2) is 30.3 Å². The molecule has 1 aromatic heterocycles. The van der Waals surface area contributed by atoms with Crippen LogP contribution in [0.25, 0.3) is 5.69 Å². The lowest BCUT2D eigenvalue weighted by Gasteiger charge is -2.13. The summed E-state index contributed by atoms with van der Waals surface area (Å²) in [7, 11) is 1.53. The molecule has 1 heterocycles. The van der Waals surface area contributed by atoms with Crippen molar-refractivity contribution in [3.05, 3.63) is 41.6 Å². The molecule has 1 aromatic carbocycles. The average molecular weight is 285 g/mol. The summed E-state index contributed by atoms with van der Waals surface area (Å²) in [6.45, 7) is 1.73. The molecule has 5 nitrogen and oxygen atoms in total. The number of hydrogen-bond acceptors (Lipinski definition) is 3. The number of fused-ring (bicyclic) bond motifs is 1. The third-order valence-corrected chi connectivity index (χ3v) is 3.87. The van der Waals surface area contributed by atoms with Crippen LogP contribution in [0.3, 0.4) is 0 Å². The quantitative estimate of drug-likeness (QED) is 0.938. The summed E-state index contributed by atoms with van der Waals surface area (Å²) in [4.78, 5) is 12.1. The van der Waals surface area contributed by atoms with Gasteiger partial charge in [0, 0.05) is 12.7 Å². The minimum Gasteiger partial charge on any atom is -0.372 e. The first-order chi connectivity index (χ1) is 10.2. The third kappa shape index (κ3) is 2.56. The van der Waals surface area contributed by atoms with Crippen LogP contribution in [0, 0.1) is 0 Å². The maximum absolute atomic E-state index is 12.1. The molecule has 0 aliphatic heterocycles. The number of aryl methyl sites for hydroxylation is 1. The molecule has 1 N–H and O–H groups in total. The van der Waals surface area contributed by atoms with E-state index in [0.717, 1.165) is 42.0 Å². The molecule has 5 heteroatoms. The van der Waals surface area contributed by atoms with E-state index in [1.54, 1.807) is 6.92 Å². The second-order valence-corrected chi connectivity index (χ2v) is 5.24. The molecule has 0 saturated carbocycles. The molecule has 0 saturated heterocycles. The molecule has 0 radical (unpaired) electrons. The summed E-state index contributed by atoms with van der Waals surface area (Å²) in [5.41, 5.74) is 3.18. The minimum absolute atomic E-state index is 0.149. The number of rotatable bonds is 4. The predicted octanol–water partition coefficient (Wildman–Crippen LogP) is 2.33. The van der Waals surface area contributed by atoms with Gasteiger partial charge in [0.05, 0.1) is 11.4 Å². The number of nitrogens with zero attached hydrogens (tertiary/aromatic N) is 2. The molecule has 21 heavy (non-hydrogen) atoms. The van der Waals surface area contributed by atoms with Crippen molar-refractivity contribution in [1.82, 2.24) is 9.78 Å². The summed E-state index contributed by atoms with van der Waals surface area (Å²) < 4.78 is 6.91. The van der Waals surface area contributed by atoms with Gasteiger partial charge in [-0.2, -0.15) is 5.10 Å². The molecule has 1 aliphatic carbocycles. The Hall–Kier alpha value is -2.14. The summed E-state index contributed by atoms with van der Waals surface area (Å²) in [6.07, 6.45) is 2.54. The zero-order valence-electron chi connectivity index (χ0n) is 12.3. The summed E-state index contributed by atoms with van der Waals surface area (Å²) in [6, 6.07) is 9.86. The van der Waals surface area contributed by atoms with Gasteiger partial charge in [-0.15, -0.1) is 0 Å². The first kappa shape index (κ1) is 13.8. The molecule has 0 fully saturated rings. The molecule has 3 rings (SSSR count). The highest BCUT2D eigenvalue weighted by molar-refractivity contribution is 5.94. The van der Waals surface area contributed by atoms with E-state index in [9.17, 15) is 4.79 Å². The number of methoxy groups -OCH3 is 1. The fourth-order valence-corrected chi connectivity index (χ4v) is 2.60. The van der Waals surface area contributed by atoms with Crippen LogP contribution in [0.5, 0.6) is 0 Å². The number of nitrogens with one attached hydrogen (secondary N) is 1. The highest BCUT2D eigenvalue weighted by Crippen LogP contribution is 2.31. The number of amides is 1. The van der Waals surface area contributed by atoms with Crippen LogP contribution in [0.4, 0.5) is 5.82 Å². The first-order valence-electron chi connectivity index (χ1n) is 7.20. The molecule has 1 unspecified atom stereocenters. The Kier molecular flexibility index (Phi) is 3.75. The van der Waals surface area contributed by atoms with Gasteiger partial charge in [-0.1, -0.05) is 18.2 Å². The predicted molar refractivity (Wildman–Crippen MR) is 80.7 cm³/mol. The van der Waals surface area contributed by atoms with Crippen LogP contribution in [-0.2, 0) is 22.4 Å². The topological polar surface area (TPSA) is 56.1 Å². The van der Waals surface area contributed by atoms with Crippen molar-refractivity contribution in [2.75, 3.05) is 12.4 Å². The zero-order valence-corrected chi connectivity index (χ0v) is 12.3. The molecule has 1 aliphatic rings. The van der Waals surface area contributed by atoms with Crippen LogP contribution < -0.4 is 5.32 Å². The van der Waals surface area contributed by atoms with E-state index in [1.807, 2.05) is 35.0 Å². The first-order valence-corrected chi connectivity index (χ1v) is 7.20. The highest BCUT2D eigenvalue weighted by atomic mass is 16.5. The fourth-order valence-electron chi connectivity index (χ4n) is 2.60. The van der Waals surface area contributed by atoms with Gasteiger partial charge in [0.25, 0.3) is 5.91 Å². The largest absolute Gasteiger partial charge is 0.372 e. The van der Waals surface area contributed by atoms with Crippen LogP contribution in [-0.4, -0.2) is 28.9 Å². The van der Waals surface area contributed by atoms with Gasteiger partial charge in [0.15, 0.2) is 0 Å². The summed E-state index contributed by atoms with van der Waals surface area (Å²) in [5, 5.41) is 7.64. The van der Waals surface area contributed by atoms with E-state index in [0.29, 0.717) is 0 Å². The van der Waals surface area contributed by atoms with Gasteiger partial charge in [-0.05, 0) is 38.3 Å². The van der Waals surface area contributed by atoms with Crippen molar-refractivity contribution < 1.29 is 9.53 Å². The van der Waals surface area contributed by atoms with Crippen LogP contribution >= 0.6 is 0 Å². The van der Waals surface area contributed by atoms with E-state index in [1.165, 1.54) is 7.11 Å². The fraction of sp³-hybridized carbons (Fsp3) is 0.375. The minimum atomic E-state index is -0.485. The van der Waals surface area contributed by atoms with E-state index < -0.39 is 6.10 Å². The summed E-state index contributed by atoms with van der Waals surface area (Å²) >= 11 is 0. The average Bonchev–Trinajstić information content (AvgIpc) is 3.10. The van der Waals surface area contributed by atoms with Crippen molar-refractivity contribution in [3.63, 3.8) is 0 Å².